The van der Waals surface area contributed by atoms with Gasteiger partial charge >= 0.3 is 0 Å². The van der Waals surface area contributed by atoms with Crippen molar-refractivity contribution in [2.75, 3.05) is 5.49 Å². The zero-order valence-electron chi connectivity index (χ0n) is 8.02. The Balaban J connectivity index is 4.82. The van der Waals surface area contributed by atoms with E-state index in [-0.39, 0.29) is 0 Å². The fourth-order valence-electron chi connectivity index (χ4n) is 0.802. The lowest BCUT2D eigenvalue weighted by Crippen LogP contribution is -2.51. The summed E-state index contributed by atoms with van der Waals surface area (Å²) in [6, 6.07) is -2.21. The summed E-state index contributed by atoms with van der Waals surface area (Å²) in [5.74, 6) is -3.99. The molecule has 100 valence electrons. The number of carbonyl (C=O) groups is 2. The third-order valence-corrected chi connectivity index (χ3v) is 4.57. The number of carboxylic acid groups (broad SMARTS) is 2. The van der Waals surface area contributed by atoms with Gasteiger partial charge in [-0.15, -0.1) is 0 Å². The van der Waals surface area contributed by atoms with E-state index in [2.05, 4.69) is 0 Å². The Morgan fingerprint density at radius 2 is 1.71 bits per heavy atom. The highest BCUT2D eigenvalue weighted by Crippen LogP contribution is 2.24. The van der Waals surface area contributed by atoms with E-state index in [1.807, 2.05) is 0 Å². The van der Waals surface area contributed by atoms with Gasteiger partial charge in [0.2, 0.25) is 10.0 Å². The Morgan fingerprint density at radius 3 is 2.00 bits per heavy atom. The van der Waals surface area contributed by atoms with Gasteiger partial charge in [-0.05, 0) is 0 Å². The van der Waals surface area contributed by atoms with Crippen LogP contribution in [0.25, 0.3) is 0 Å². The topological polar surface area (TPSA) is 190 Å². The molecule has 1 unspecified atom stereocenters. The molecular formula is C5H6NO9PS-4. The van der Waals surface area contributed by atoms with Crippen molar-refractivity contribution in [2.45, 2.75) is 12.5 Å². The van der Waals surface area contributed by atoms with Crippen LogP contribution in [0.4, 0.5) is 0 Å². The van der Waals surface area contributed by atoms with Crippen LogP contribution in [0, 0.1) is 0 Å². The highest BCUT2D eigenvalue weighted by atomic mass is 32.2. The first-order chi connectivity index (χ1) is 7.43. The second-order valence-corrected chi connectivity index (χ2v) is 6.64. The molecule has 10 nitrogen and oxygen atoms in total. The molecule has 0 aliphatic heterocycles. The van der Waals surface area contributed by atoms with Gasteiger partial charge in [0.05, 0.1) is 17.5 Å². The van der Waals surface area contributed by atoms with E-state index < -0.39 is 47.5 Å². The molecule has 0 saturated heterocycles. The largest absolute Gasteiger partial charge is 0.810 e. The summed E-state index contributed by atoms with van der Waals surface area (Å²) >= 11 is 0. The summed E-state index contributed by atoms with van der Waals surface area (Å²) in [5, 5.41) is 20.4. The van der Waals surface area contributed by atoms with Crippen molar-refractivity contribution in [3.8, 4) is 0 Å². The van der Waals surface area contributed by atoms with Gasteiger partial charge in [0.1, 0.15) is 0 Å². The lowest BCUT2D eigenvalue weighted by molar-refractivity contribution is -0.317. The summed E-state index contributed by atoms with van der Waals surface area (Å²) in [7, 11) is -10.2. The molecule has 0 aliphatic rings. The van der Waals surface area contributed by atoms with Crippen LogP contribution >= 0.6 is 7.60 Å². The number of rotatable bonds is 7. The highest BCUT2D eigenvalue weighted by molar-refractivity contribution is 7.95. The van der Waals surface area contributed by atoms with Crippen LogP contribution in [-0.2, 0) is 24.2 Å². The van der Waals surface area contributed by atoms with Gasteiger partial charge in [-0.2, -0.15) is 0 Å². The Kier molecular flexibility index (Phi) is 5.23. The minimum atomic E-state index is -5.43. The van der Waals surface area contributed by atoms with Crippen LogP contribution in [0.15, 0.2) is 0 Å². The summed E-state index contributed by atoms with van der Waals surface area (Å²) < 4.78 is 33.3. The van der Waals surface area contributed by atoms with E-state index in [9.17, 15) is 42.6 Å². The van der Waals surface area contributed by atoms with E-state index in [0.717, 1.165) is 0 Å². The number of carbonyl (C=O) groups excluding carboxylic acids is 2. The Labute approximate surface area is 95.5 Å². The predicted octanol–water partition coefficient (Wildman–Crippen LogP) is -5.96. The molecule has 0 spiro atoms. The first kappa shape index (κ1) is 16.0. The molecule has 0 radical (unpaired) electrons. The number of carboxylic acids is 2. The summed E-state index contributed by atoms with van der Waals surface area (Å²) in [6.45, 7) is 0. The van der Waals surface area contributed by atoms with Gasteiger partial charge in [0.25, 0.3) is 0 Å². The molecule has 0 saturated carbocycles. The molecule has 0 heterocycles. The average molecular weight is 287 g/mol. The number of hydrogen-bond acceptors (Lipinski definition) is 9. The quantitative estimate of drug-likeness (QED) is 0.444. The summed E-state index contributed by atoms with van der Waals surface area (Å²) in [6.07, 6.45) is -1.26. The maximum atomic E-state index is 11.0. The molecule has 0 bridgehead atoms. The second-order valence-electron chi connectivity index (χ2n) is 2.92. The Hall–Kier alpha value is -1.00. The predicted molar refractivity (Wildman–Crippen MR) is 42.9 cm³/mol. The number of sulfonamides is 1. The molecule has 0 aromatic carbocycles. The summed E-state index contributed by atoms with van der Waals surface area (Å²) in [5.41, 5.74) is -1.88. The third-order valence-electron chi connectivity index (χ3n) is 1.31. The third kappa shape index (κ3) is 7.82. The highest BCUT2D eigenvalue weighted by Gasteiger charge is 2.20. The second kappa shape index (κ2) is 5.56. The lowest BCUT2D eigenvalue weighted by Gasteiger charge is -2.30. The van der Waals surface area contributed by atoms with Crippen LogP contribution in [0.2, 0.25) is 0 Å². The van der Waals surface area contributed by atoms with Crippen LogP contribution in [0.5, 0.6) is 0 Å². The molecule has 17 heavy (non-hydrogen) atoms. The van der Waals surface area contributed by atoms with E-state index >= 15 is 0 Å². The molecule has 12 heteroatoms. The Bertz CT molecular complexity index is 450. The van der Waals surface area contributed by atoms with Gasteiger partial charge in [-0.3, -0.25) is 0 Å². The van der Waals surface area contributed by atoms with Crippen molar-refractivity contribution in [2.24, 2.45) is 0 Å². The molecule has 1 atom stereocenters. The van der Waals surface area contributed by atoms with Crippen molar-refractivity contribution >= 4 is 29.6 Å². The molecule has 0 amide bonds. The monoisotopic (exact) mass is 287 g/mol. The molecular weight excluding hydrogens is 281 g/mol. The smallest absolute Gasteiger partial charge is 0.216 e. The zero-order valence-corrected chi connectivity index (χ0v) is 9.73. The van der Waals surface area contributed by atoms with E-state index in [1.54, 1.807) is 0 Å². The minimum absolute atomic E-state index is 1.20. The van der Waals surface area contributed by atoms with Gasteiger partial charge in [0, 0.05) is 12.4 Å². The Morgan fingerprint density at radius 1 is 1.24 bits per heavy atom. The van der Waals surface area contributed by atoms with Crippen LogP contribution in [-0.4, -0.2) is 31.9 Å². The average Bonchev–Trinajstić information content (AvgIpc) is 1.95. The van der Waals surface area contributed by atoms with E-state index in [1.165, 1.54) is 4.72 Å². The van der Waals surface area contributed by atoms with Crippen molar-refractivity contribution in [3.05, 3.63) is 0 Å². The van der Waals surface area contributed by atoms with Gasteiger partial charge in [0.15, 0.2) is 0 Å². The fourth-order valence-corrected chi connectivity index (χ4v) is 3.38. The lowest BCUT2D eigenvalue weighted by atomic mass is 10.2. The maximum absolute atomic E-state index is 11.0. The van der Waals surface area contributed by atoms with Gasteiger partial charge in [-0.1, -0.05) is 7.60 Å². The van der Waals surface area contributed by atoms with Gasteiger partial charge in [-0.25, -0.2) is 13.1 Å². The van der Waals surface area contributed by atoms with Crippen molar-refractivity contribution < 1.29 is 42.6 Å². The van der Waals surface area contributed by atoms with E-state index in [4.69, 9.17) is 0 Å². The maximum Gasteiger partial charge on any atom is 0.216 e. The van der Waals surface area contributed by atoms with Crippen LogP contribution < -0.4 is 24.7 Å². The minimum Gasteiger partial charge on any atom is -0.810 e. The first-order valence-electron chi connectivity index (χ1n) is 3.85. The van der Waals surface area contributed by atoms with Crippen molar-refractivity contribution in [1.29, 1.82) is 0 Å². The normalized spacial score (nSPS) is 14.2. The number of hydrogen-bond donors (Lipinski definition) is 1. The zero-order chi connectivity index (χ0) is 13.9. The van der Waals surface area contributed by atoms with Crippen LogP contribution in [0.1, 0.15) is 6.42 Å². The SMILES string of the molecule is O=C([O-])CC(NS(=O)(=O)CP(=O)([O-])[O-])C(=O)[O-]. The molecule has 0 fully saturated rings. The van der Waals surface area contributed by atoms with Crippen molar-refractivity contribution in [1.82, 2.24) is 4.72 Å². The number of nitrogens with one attached hydrogen (secondary N) is 1. The molecule has 0 aromatic rings. The molecule has 0 rings (SSSR count). The van der Waals surface area contributed by atoms with Crippen LogP contribution in [0.3, 0.4) is 0 Å². The van der Waals surface area contributed by atoms with Crippen molar-refractivity contribution in [3.63, 3.8) is 0 Å². The molecule has 0 aromatic heterocycles. The van der Waals surface area contributed by atoms with E-state index in [0.29, 0.717) is 0 Å². The molecule has 1 N–H and O–H groups in total. The molecule has 0 aliphatic carbocycles. The summed E-state index contributed by atoms with van der Waals surface area (Å²) in [4.78, 5) is 40.8. The number of aliphatic carboxylic acids is 2. The first-order valence-corrected chi connectivity index (χ1v) is 7.23. The fraction of sp³-hybridized carbons (Fsp3) is 0.600. The van der Waals surface area contributed by atoms with Gasteiger partial charge < -0.3 is 34.2 Å². The standard InChI is InChI=1S/C5H10NO9PS/c7-4(8)1-3(5(9)10)6-17(14,15)2-16(11,12)13/h3,6H,1-2H2,(H,7,8)(H,9,10)(H2,11,12,13)/p-4.